The summed E-state index contributed by atoms with van der Waals surface area (Å²) in [5, 5.41) is -0.485. The molecule has 2 fully saturated rings. The van der Waals surface area contributed by atoms with E-state index in [9.17, 15) is 18.8 Å². The van der Waals surface area contributed by atoms with Crippen molar-refractivity contribution in [2.45, 2.75) is 6.61 Å². The number of carbonyl (C=O) groups is 3. The van der Waals surface area contributed by atoms with Gasteiger partial charge in [-0.05, 0) is 73.5 Å². The van der Waals surface area contributed by atoms with Gasteiger partial charge in [0.05, 0.1) is 27.1 Å². The van der Waals surface area contributed by atoms with Crippen LogP contribution in [-0.2, 0) is 20.9 Å². The molecule has 0 saturated carbocycles. The Morgan fingerprint density at radius 1 is 1.15 bits per heavy atom. The summed E-state index contributed by atoms with van der Waals surface area (Å²) in [4.78, 5) is 40.4. The zero-order valence-electron chi connectivity index (χ0n) is 17.8. The van der Waals surface area contributed by atoms with Gasteiger partial charge in [-0.15, -0.1) is 0 Å². The lowest BCUT2D eigenvalue weighted by Crippen LogP contribution is -2.46. The number of morpholine rings is 1. The number of thioether (sulfide) groups is 1. The molecule has 4 rings (SSSR count). The largest absolute Gasteiger partial charge is 0.486 e. The summed E-state index contributed by atoms with van der Waals surface area (Å²) < 4.78 is 26.0. The minimum atomic E-state index is -0.510. The molecule has 11 heteroatoms. The number of ether oxygens (including phenoxy) is 2. The quantitative estimate of drug-likeness (QED) is 0.435. The van der Waals surface area contributed by atoms with E-state index in [0.29, 0.717) is 52.1 Å². The molecule has 0 unspecified atom stereocenters. The second-order valence-electron chi connectivity index (χ2n) is 7.45. The second-order valence-corrected chi connectivity index (χ2v) is 10.2. The van der Waals surface area contributed by atoms with Crippen LogP contribution in [0.2, 0.25) is 0 Å². The van der Waals surface area contributed by atoms with Gasteiger partial charge < -0.3 is 14.4 Å². The first kappa shape index (κ1) is 24.9. The van der Waals surface area contributed by atoms with Gasteiger partial charge in [0.25, 0.3) is 11.1 Å². The van der Waals surface area contributed by atoms with Gasteiger partial charge in [0.2, 0.25) is 5.91 Å². The average Bonchev–Trinajstić information content (AvgIpc) is 3.07. The van der Waals surface area contributed by atoms with Crippen molar-refractivity contribution in [3.63, 3.8) is 0 Å². The number of hydrogen-bond donors (Lipinski definition) is 0. The maximum Gasteiger partial charge on any atom is 0.294 e. The summed E-state index contributed by atoms with van der Waals surface area (Å²) in [6, 6.07) is 9.82. The summed E-state index contributed by atoms with van der Waals surface area (Å²) >= 11 is 7.69. The smallest absolute Gasteiger partial charge is 0.294 e. The number of imide groups is 1. The van der Waals surface area contributed by atoms with Gasteiger partial charge in [0, 0.05) is 18.7 Å². The van der Waals surface area contributed by atoms with E-state index in [2.05, 4.69) is 31.9 Å². The van der Waals surface area contributed by atoms with Crippen LogP contribution in [0.25, 0.3) is 6.08 Å². The molecular weight excluding hydrogens is 595 g/mol. The molecule has 2 aromatic rings. The van der Waals surface area contributed by atoms with E-state index in [1.807, 2.05) is 0 Å². The molecular formula is C23H19Br2FN2O5S. The number of rotatable bonds is 6. The maximum absolute atomic E-state index is 13.9. The molecule has 0 atom stereocenters. The molecule has 2 heterocycles. The highest BCUT2D eigenvalue weighted by atomic mass is 79.9. The number of halogens is 3. The molecule has 7 nitrogen and oxygen atoms in total. The first-order valence-corrected chi connectivity index (χ1v) is 12.7. The van der Waals surface area contributed by atoms with Crippen LogP contribution in [0.15, 0.2) is 50.2 Å². The molecule has 2 aliphatic rings. The number of carbonyl (C=O) groups excluding carboxylic acids is 3. The van der Waals surface area contributed by atoms with Crippen LogP contribution >= 0.6 is 43.6 Å². The predicted octanol–water partition coefficient (Wildman–Crippen LogP) is 4.82. The SMILES string of the molecule is O=C(CN1C(=O)S/C(=C\c2cc(Br)c(OCc3ccccc3F)c(Br)c2)C1=O)N1CCOCC1. The maximum atomic E-state index is 13.9. The van der Waals surface area contributed by atoms with Crippen molar-refractivity contribution in [1.29, 1.82) is 0 Å². The van der Waals surface area contributed by atoms with Crippen molar-refractivity contribution < 1.29 is 28.2 Å². The average molecular weight is 614 g/mol. The first-order valence-electron chi connectivity index (χ1n) is 10.3. The van der Waals surface area contributed by atoms with Gasteiger partial charge in [-0.1, -0.05) is 18.2 Å². The highest BCUT2D eigenvalue weighted by molar-refractivity contribution is 9.11. The number of nitrogens with zero attached hydrogens (tertiary/aromatic N) is 2. The van der Waals surface area contributed by atoms with E-state index in [-0.39, 0.29) is 29.8 Å². The molecule has 2 aromatic carbocycles. The van der Waals surface area contributed by atoms with Crippen LogP contribution in [-0.4, -0.2) is 59.7 Å². The molecule has 178 valence electrons. The minimum Gasteiger partial charge on any atom is -0.486 e. The van der Waals surface area contributed by atoms with E-state index >= 15 is 0 Å². The summed E-state index contributed by atoms with van der Waals surface area (Å²) in [7, 11) is 0. The van der Waals surface area contributed by atoms with Gasteiger partial charge in [0.15, 0.2) is 0 Å². The van der Waals surface area contributed by atoms with E-state index in [1.54, 1.807) is 41.3 Å². The molecule has 0 aliphatic carbocycles. The summed E-state index contributed by atoms with van der Waals surface area (Å²) in [6.45, 7) is 1.52. The highest BCUT2D eigenvalue weighted by Crippen LogP contribution is 2.38. The second kappa shape index (κ2) is 11.0. The fourth-order valence-electron chi connectivity index (χ4n) is 3.40. The van der Waals surface area contributed by atoms with Crippen molar-refractivity contribution in [2.75, 3.05) is 32.8 Å². The summed E-state index contributed by atoms with van der Waals surface area (Å²) in [5.74, 6) is -0.670. The van der Waals surface area contributed by atoms with Crippen LogP contribution in [0.5, 0.6) is 5.75 Å². The van der Waals surface area contributed by atoms with Crippen LogP contribution in [0, 0.1) is 5.82 Å². The molecule has 0 aromatic heterocycles. The zero-order valence-corrected chi connectivity index (χ0v) is 21.8. The Balaban J connectivity index is 1.46. The fraction of sp³-hybridized carbons (Fsp3) is 0.261. The molecule has 0 N–H and O–H groups in total. The van der Waals surface area contributed by atoms with Gasteiger partial charge in [0.1, 0.15) is 24.7 Å². The Kier molecular flexibility index (Phi) is 8.07. The van der Waals surface area contributed by atoms with Crippen molar-refractivity contribution in [3.8, 4) is 5.75 Å². The van der Waals surface area contributed by atoms with E-state index in [1.165, 1.54) is 6.07 Å². The van der Waals surface area contributed by atoms with Crippen LogP contribution in [0.4, 0.5) is 9.18 Å². The minimum absolute atomic E-state index is 0.0410. The Bertz CT molecular complexity index is 1150. The Hall–Kier alpha value is -2.21. The van der Waals surface area contributed by atoms with Gasteiger partial charge in [-0.3, -0.25) is 19.3 Å². The number of amides is 3. The molecule has 0 spiro atoms. The molecule has 2 aliphatic heterocycles. The third-order valence-corrected chi connectivity index (χ3v) is 7.26. The fourth-order valence-corrected chi connectivity index (χ4v) is 5.69. The Morgan fingerprint density at radius 3 is 2.50 bits per heavy atom. The lowest BCUT2D eigenvalue weighted by Gasteiger charge is -2.28. The lowest BCUT2D eigenvalue weighted by molar-refractivity contribution is -0.139. The van der Waals surface area contributed by atoms with E-state index in [4.69, 9.17) is 9.47 Å². The lowest BCUT2D eigenvalue weighted by atomic mass is 10.2. The van der Waals surface area contributed by atoms with E-state index in [0.717, 1.165) is 16.7 Å². The first-order chi connectivity index (χ1) is 16.3. The van der Waals surface area contributed by atoms with Crippen molar-refractivity contribution in [3.05, 3.63) is 67.2 Å². The summed E-state index contributed by atoms with van der Waals surface area (Å²) in [5.41, 5.74) is 1.06. The van der Waals surface area contributed by atoms with Crippen molar-refractivity contribution >= 4 is 66.8 Å². The van der Waals surface area contributed by atoms with Gasteiger partial charge in [-0.25, -0.2) is 4.39 Å². The van der Waals surface area contributed by atoms with Gasteiger partial charge >= 0.3 is 0 Å². The van der Waals surface area contributed by atoms with Gasteiger partial charge in [-0.2, -0.15) is 0 Å². The van der Waals surface area contributed by atoms with Crippen LogP contribution in [0.1, 0.15) is 11.1 Å². The zero-order chi connectivity index (χ0) is 24.2. The predicted molar refractivity (Wildman–Crippen MR) is 133 cm³/mol. The summed E-state index contributed by atoms with van der Waals surface area (Å²) in [6.07, 6.45) is 1.58. The molecule has 0 bridgehead atoms. The molecule has 3 amide bonds. The Morgan fingerprint density at radius 2 is 1.82 bits per heavy atom. The Labute approximate surface area is 216 Å². The third kappa shape index (κ3) is 5.70. The monoisotopic (exact) mass is 612 g/mol. The normalized spacial score (nSPS) is 17.6. The van der Waals surface area contributed by atoms with Crippen molar-refractivity contribution in [2.24, 2.45) is 0 Å². The third-order valence-electron chi connectivity index (χ3n) is 5.18. The van der Waals surface area contributed by atoms with Crippen molar-refractivity contribution in [1.82, 2.24) is 9.80 Å². The molecule has 2 saturated heterocycles. The van der Waals surface area contributed by atoms with E-state index < -0.39 is 11.1 Å². The topological polar surface area (TPSA) is 76.2 Å². The van der Waals surface area contributed by atoms with Crippen LogP contribution < -0.4 is 4.74 Å². The molecule has 34 heavy (non-hydrogen) atoms. The highest BCUT2D eigenvalue weighted by Gasteiger charge is 2.37. The standard InChI is InChI=1S/C23H19Br2FN2O5S/c24-16-9-14(10-17(25)21(16)33-13-15-3-1-2-4-18(15)26)11-19-22(30)28(23(31)34-19)12-20(29)27-5-7-32-8-6-27/h1-4,9-11H,5-8,12-13H2/b19-11-. The molecule has 0 radical (unpaired) electrons. The number of benzene rings is 2. The number of hydrogen-bond acceptors (Lipinski definition) is 6. The van der Waals surface area contributed by atoms with Crippen LogP contribution in [0.3, 0.4) is 0 Å².